The summed E-state index contributed by atoms with van der Waals surface area (Å²) in [5, 5.41) is 9.95. The Hall–Kier alpha value is -3.83. The molecule has 0 spiro atoms. The van der Waals surface area contributed by atoms with E-state index in [0.29, 0.717) is 70.3 Å². The van der Waals surface area contributed by atoms with E-state index in [0.717, 1.165) is 36.1 Å². The van der Waals surface area contributed by atoms with Gasteiger partial charge in [0.2, 0.25) is 23.6 Å². The van der Waals surface area contributed by atoms with Crippen molar-refractivity contribution < 1.29 is 28.8 Å². The Bertz CT molecular complexity index is 1520. The summed E-state index contributed by atoms with van der Waals surface area (Å²) in [6.07, 6.45) is 10.3. The summed E-state index contributed by atoms with van der Waals surface area (Å²) in [6, 6.07) is 17.4. The lowest BCUT2D eigenvalue weighted by Gasteiger charge is -2.42. The van der Waals surface area contributed by atoms with E-state index in [-0.39, 0.29) is 41.9 Å². The number of fused-ring (bicyclic) bond motifs is 1. The molecular weight excluding hydrogens is 685 g/mol. The molecule has 4 N–H and O–H groups in total. The molecule has 5 rings (SSSR count). The van der Waals surface area contributed by atoms with Gasteiger partial charge in [0, 0.05) is 18.9 Å². The van der Waals surface area contributed by atoms with E-state index in [1.807, 2.05) is 67.6 Å². The van der Waals surface area contributed by atoms with Crippen molar-refractivity contribution in [1.29, 1.82) is 0 Å². The molecule has 2 aromatic carbocycles. The number of ketones is 1. The number of Topliss-reactive ketones (excluding diaryl/α,β-unsaturated/α-hetero) is 1. The van der Waals surface area contributed by atoms with Crippen molar-refractivity contribution in [2.24, 2.45) is 11.8 Å². The second kappa shape index (κ2) is 18.5. The summed E-state index contributed by atoms with van der Waals surface area (Å²) in [7, 11) is -3.24. The van der Waals surface area contributed by atoms with E-state index >= 15 is 0 Å². The summed E-state index contributed by atoms with van der Waals surface area (Å²) in [6.45, 7) is 6.36. The highest BCUT2D eigenvalue weighted by Crippen LogP contribution is 2.42. The molecule has 4 amide bonds. The van der Waals surface area contributed by atoms with E-state index in [2.05, 4.69) is 29.8 Å². The van der Waals surface area contributed by atoms with Crippen LogP contribution in [0.25, 0.3) is 0 Å². The molecular formula is C42H60N4O6Si. The molecule has 1 aliphatic carbocycles. The molecule has 3 fully saturated rings. The predicted molar refractivity (Wildman–Crippen MR) is 209 cm³/mol. The lowest BCUT2D eigenvalue weighted by molar-refractivity contribution is -0.141. The van der Waals surface area contributed by atoms with Crippen molar-refractivity contribution in [3.05, 3.63) is 60.7 Å². The monoisotopic (exact) mass is 744 g/mol. The predicted octanol–water partition coefficient (Wildman–Crippen LogP) is 4.13. The highest BCUT2D eigenvalue weighted by molar-refractivity contribution is 6.98. The van der Waals surface area contributed by atoms with Gasteiger partial charge in [-0.15, -0.1) is 0 Å². The van der Waals surface area contributed by atoms with Gasteiger partial charge in [-0.2, -0.15) is 0 Å². The van der Waals surface area contributed by atoms with Gasteiger partial charge in [-0.3, -0.25) is 24.0 Å². The largest absolute Gasteiger partial charge is 0.424 e. The van der Waals surface area contributed by atoms with Crippen LogP contribution in [-0.4, -0.2) is 78.6 Å². The number of unbranched alkanes of at least 4 members (excludes halogenated alkanes) is 2. The number of amides is 4. The highest BCUT2D eigenvalue weighted by Gasteiger charge is 2.50. The third-order valence-electron chi connectivity index (χ3n) is 12.0. The van der Waals surface area contributed by atoms with Crippen LogP contribution in [0.1, 0.15) is 111 Å². The van der Waals surface area contributed by atoms with E-state index in [1.165, 1.54) is 11.3 Å². The van der Waals surface area contributed by atoms with Gasteiger partial charge in [0.1, 0.15) is 23.9 Å². The smallest absolute Gasteiger partial charge is 0.258 e. The Kier molecular flexibility index (Phi) is 14.1. The van der Waals surface area contributed by atoms with Crippen LogP contribution >= 0.6 is 0 Å². The second-order valence-electron chi connectivity index (χ2n) is 16.3. The Labute approximate surface area is 316 Å². The molecule has 0 unspecified atom stereocenters. The summed E-state index contributed by atoms with van der Waals surface area (Å²) >= 11 is 0. The SMILES string of the molecule is C[C@@H](CC(C)(C)[Si](O)(c1ccccc1)c1ccccc1)C(=O)CCCCC[C@@H]1NC(=O)[C@H]2CCCN2C(=O)CNC(=O)[C@@H](CC2CCCCC2)NC1=O. The first kappa shape index (κ1) is 40.4. The number of hydrogen-bond donors (Lipinski definition) is 4. The summed E-state index contributed by atoms with van der Waals surface area (Å²) in [4.78, 5) is 81.2. The van der Waals surface area contributed by atoms with Gasteiger partial charge >= 0.3 is 0 Å². The zero-order valence-corrected chi connectivity index (χ0v) is 32.9. The fourth-order valence-electron chi connectivity index (χ4n) is 8.93. The average Bonchev–Trinajstić information content (AvgIpc) is 3.66. The van der Waals surface area contributed by atoms with Crippen molar-refractivity contribution >= 4 is 48.1 Å². The molecule has 288 valence electrons. The summed E-state index contributed by atoms with van der Waals surface area (Å²) in [5.41, 5.74) is 0. The topological polar surface area (TPSA) is 145 Å². The number of nitrogens with one attached hydrogen (secondary N) is 3. The molecule has 3 aliphatic rings. The Morgan fingerprint density at radius 2 is 1.43 bits per heavy atom. The number of carbonyl (C=O) groups excluding carboxylic acids is 5. The van der Waals surface area contributed by atoms with Gasteiger partial charge in [0.15, 0.2) is 0 Å². The van der Waals surface area contributed by atoms with Crippen molar-refractivity contribution in [1.82, 2.24) is 20.9 Å². The standard InChI is InChI=1S/C42H60N4O6Si/c1-30(28-42(2,3)53(52,32-19-10-5-11-20-32)33-21-12-6-13-22-33)37(47)25-15-7-14-23-34-40(50)45-35(27-31-17-8-4-9-18-31)39(49)43-29-38(48)46-26-16-24-36(46)41(51)44-34/h5-6,10-13,19-22,30-31,34-36,52H,4,7-9,14-18,23-29H2,1-3H3,(H,43,49)(H,44,51)(H,45,50)/t30-,34-,35+,36+/m0/s1. The van der Waals surface area contributed by atoms with Crippen LogP contribution in [0.3, 0.4) is 0 Å². The first-order valence-corrected chi connectivity index (χ1v) is 21.9. The second-order valence-corrected chi connectivity index (χ2v) is 20.3. The Morgan fingerprint density at radius 3 is 2.08 bits per heavy atom. The van der Waals surface area contributed by atoms with E-state index in [1.54, 1.807) is 0 Å². The lowest BCUT2D eigenvalue weighted by atomic mass is 9.84. The first-order chi connectivity index (χ1) is 25.4. The van der Waals surface area contributed by atoms with Crippen molar-refractivity contribution in [2.75, 3.05) is 13.1 Å². The van der Waals surface area contributed by atoms with Gasteiger partial charge in [-0.05, 0) is 59.9 Å². The van der Waals surface area contributed by atoms with Crippen LogP contribution in [0.4, 0.5) is 0 Å². The third-order valence-corrected chi connectivity index (χ3v) is 16.5. The molecule has 2 saturated heterocycles. The van der Waals surface area contributed by atoms with Crippen molar-refractivity contribution in [2.45, 2.75) is 134 Å². The Morgan fingerprint density at radius 1 is 0.811 bits per heavy atom. The van der Waals surface area contributed by atoms with Crippen LogP contribution < -0.4 is 26.3 Å². The van der Waals surface area contributed by atoms with E-state index in [9.17, 15) is 28.8 Å². The van der Waals surface area contributed by atoms with E-state index in [4.69, 9.17) is 0 Å². The molecule has 2 aromatic rings. The van der Waals surface area contributed by atoms with Gasteiger partial charge < -0.3 is 25.6 Å². The third kappa shape index (κ3) is 10.0. The molecule has 0 bridgehead atoms. The fraction of sp³-hybridized carbons (Fsp3) is 0.595. The minimum atomic E-state index is -3.24. The molecule has 2 aliphatic heterocycles. The van der Waals surface area contributed by atoms with Gasteiger partial charge in [-0.25, -0.2) is 0 Å². The van der Waals surface area contributed by atoms with Crippen molar-refractivity contribution in [3.8, 4) is 0 Å². The quantitative estimate of drug-likeness (QED) is 0.169. The summed E-state index contributed by atoms with van der Waals surface area (Å²) < 4.78 is 0. The fourth-order valence-corrected chi connectivity index (χ4v) is 12.8. The average molecular weight is 745 g/mol. The number of hydrogen-bond acceptors (Lipinski definition) is 6. The maximum atomic E-state index is 13.8. The molecule has 4 atom stereocenters. The number of carbonyl (C=O) groups is 5. The van der Waals surface area contributed by atoms with Gasteiger partial charge in [0.25, 0.3) is 8.32 Å². The minimum Gasteiger partial charge on any atom is -0.424 e. The molecule has 0 radical (unpaired) electrons. The maximum absolute atomic E-state index is 13.8. The summed E-state index contributed by atoms with van der Waals surface area (Å²) in [5.74, 6) is -1.16. The number of benzene rings is 2. The van der Waals surface area contributed by atoms with E-state index < -0.39 is 31.5 Å². The van der Waals surface area contributed by atoms with Crippen LogP contribution in [-0.2, 0) is 24.0 Å². The normalized spacial score (nSPS) is 22.9. The number of rotatable bonds is 14. The maximum Gasteiger partial charge on any atom is 0.258 e. The molecule has 53 heavy (non-hydrogen) atoms. The van der Waals surface area contributed by atoms with Crippen LogP contribution in [0, 0.1) is 11.8 Å². The van der Waals surface area contributed by atoms with Crippen LogP contribution in [0.15, 0.2) is 60.7 Å². The van der Waals surface area contributed by atoms with Gasteiger partial charge in [0.05, 0.1) is 6.54 Å². The van der Waals surface area contributed by atoms with Crippen molar-refractivity contribution in [3.63, 3.8) is 0 Å². The molecule has 10 nitrogen and oxygen atoms in total. The van der Waals surface area contributed by atoms with Crippen LogP contribution in [0.5, 0.6) is 0 Å². The van der Waals surface area contributed by atoms with Crippen LogP contribution in [0.2, 0.25) is 5.04 Å². The first-order valence-electron chi connectivity index (χ1n) is 19.9. The minimum absolute atomic E-state index is 0.148. The molecule has 2 heterocycles. The molecule has 11 heteroatoms. The number of nitrogens with zero attached hydrogens (tertiary/aromatic N) is 1. The molecule has 0 aromatic heterocycles. The van der Waals surface area contributed by atoms with Gasteiger partial charge in [-0.1, -0.05) is 126 Å². The molecule has 1 saturated carbocycles. The highest BCUT2D eigenvalue weighted by atomic mass is 28.4. The lowest BCUT2D eigenvalue weighted by Crippen LogP contribution is -2.65. The zero-order chi connectivity index (χ0) is 38.0. The Balaban J connectivity index is 1.19. The zero-order valence-electron chi connectivity index (χ0n) is 31.9.